The number of para-hydroxylation sites is 2. The molecular formula is C10H14N2O2. The molecule has 0 aromatic heterocycles. The molecular weight excluding hydrogens is 180 g/mol. The molecule has 1 aromatic rings. The summed E-state index contributed by atoms with van der Waals surface area (Å²) in [6.07, 6.45) is 0.338. The van der Waals surface area contributed by atoms with Crippen LogP contribution in [-0.2, 0) is 4.79 Å². The van der Waals surface area contributed by atoms with Gasteiger partial charge in [0.1, 0.15) is 5.75 Å². The van der Waals surface area contributed by atoms with Crippen molar-refractivity contribution in [2.75, 3.05) is 19.4 Å². The maximum absolute atomic E-state index is 10.9. The van der Waals surface area contributed by atoms with Crippen LogP contribution in [0.1, 0.15) is 6.42 Å². The second-order valence-corrected chi connectivity index (χ2v) is 2.81. The van der Waals surface area contributed by atoms with E-state index in [2.05, 4.69) is 5.32 Å². The Bertz CT molecular complexity index is 313. The van der Waals surface area contributed by atoms with E-state index in [9.17, 15) is 4.79 Å². The summed E-state index contributed by atoms with van der Waals surface area (Å²) >= 11 is 0. The molecule has 0 saturated heterocycles. The van der Waals surface area contributed by atoms with Crippen LogP contribution >= 0.6 is 0 Å². The van der Waals surface area contributed by atoms with Crippen LogP contribution in [0, 0.1) is 0 Å². The second kappa shape index (κ2) is 5.11. The first-order valence-corrected chi connectivity index (χ1v) is 4.42. The van der Waals surface area contributed by atoms with Crippen LogP contribution < -0.4 is 15.8 Å². The molecule has 0 atom stereocenters. The fourth-order valence-corrected chi connectivity index (χ4v) is 0.991. The Balaban J connectivity index is 2.39. The van der Waals surface area contributed by atoms with Crippen LogP contribution in [0.5, 0.6) is 5.75 Å². The maximum Gasteiger partial charge on any atom is 0.223 e. The summed E-state index contributed by atoms with van der Waals surface area (Å²) in [4.78, 5) is 10.9. The number of carbonyl (C=O) groups excluding carboxylic acids is 1. The van der Waals surface area contributed by atoms with Gasteiger partial charge in [-0.05, 0) is 12.1 Å². The Kier molecular flexibility index (Phi) is 3.79. The summed E-state index contributed by atoms with van der Waals surface area (Å²) in [6, 6.07) is 7.21. The number of amides is 1. The molecule has 0 unspecified atom stereocenters. The number of nitrogen functional groups attached to an aromatic ring is 1. The van der Waals surface area contributed by atoms with Gasteiger partial charge in [-0.1, -0.05) is 12.1 Å². The van der Waals surface area contributed by atoms with E-state index in [-0.39, 0.29) is 5.91 Å². The predicted octanol–water partition coefficient (Wildman–Crippen LogP) is 0.784. The van der Waals surface area contributed by atoms with Crippen molar-refractivity contribution >= 4 is 11.6 Å². The van der Waals surface area contributed by atoms with Gasteiger partial charge in [-0.2, -0.15) is 0 Å². The van der Waals surface area contributed by atoms with Crippen LogP contribution in [0.3, 0.4) is 0 Å². The number of carbonyl (C=O) groups is 1. The number of anilines is 1. The van der Waals surface area contributed by atoms with Gasteiger partial charge in [-0.3, -0.25) is 4.79 Å². The van der Waals surface area contributed by atoms with E-state index in [1.807, 2.05) is 12.1 Å². The van der Waals surface area contributed by atoms with Gasteiger partial charge in [-0.15, -0.1) is 0 Å². The minimum absolute atomic E-state index is 0.0421. The third-order valence-electron chi connectivity index (χ3n) is 1.78. The summed E-state index contributed by atoms with van der Waals surface area (Å²) in [5.41, 5.74) is 6.23. The summed E-state index contributed by atoms with van der Waals surface area (Å²) in [6.45, 7) is 0.341. The van der Waals surface area contributed by atoms with E-state index in [1.54, 1.807) is 19.2 Å². The molecule has 0 radical (unpaired) electrons. The highest BCUT2D eigenvalue weighted by molar-refractivity contribution is 5.75. The molecule has 0 aliphatic carbocycles. The van der Waals surface area contributed by atoms with Gasteiger partial charge in [0, 0.05) is 7.05 Å². The highest BCUT2D eigenvalue weighted by Crippen LogP contribution is 2.19. The van der Waals surface area contributed by atoms with Gasteiger partial charge in [0.05, 0.1) is 18.7 Å². The van der Waals surface area contributed by atoms with Crippen molar-refractivity contribution in [2.45, 2.75) is 6.42 Å². The minimum atomic E-state index is -0.0421. The van der Waals surface area contributed by atoms with E-state index in [0.717, 1.165) is 0 Å². The van der Waals surface area contributed by atoms with Crippen molar-refractivity contribution in [1.29, 1.82) is 0 Å². The molecule has 1 rings (SSSR count). The molecule has 14 heavy (non-hydrogen) atoms. The van der Waals surface area contributed by atoms with Crippen molar-refractivity contribution in [1.82, 2.24) is 5.32 Å². The Hall–Kier alpha value is -1.71. The predicted molar refractivity (Wildman–Crippen MR) is 55.0 cm³/mol. The zero-order chi connectivity index (χ0) is 10.4. The van der Waals surface area contributed by atoms with E-state index < -0.39 is 0 Å². The van der Waals surface area contributed by atoms with Crippen molar-refractivity contribution < 1.29 is 9.53 Å². The van der Waals surface area contributed by atoms with Crippen LogP contribution in [0.25, 0.3) is 0 Å². The van der Waals surface area contributed by atoms with Gasteiger partial charge in [0.25, 0.3) is 0 Å². The fourth-order valence-electron chi connectivity index (χ4n) is 0.991. The van der Waals surface area contributed by atoms with Gasteiger partial charge < -0.3 is 15.8 Å². The van der Waals surface area contributed by atoms with Crippen molar-refractivity contribution in [3.05, 3.63) is 24.3 Å². The van der Waals surface area contributed by atoms with Crippen molar-refractivity contribution in [3.8, 4) is 5.75 Å². The van der Waals surface area contributed by atoms with Crippen molar-refractivity contribution in [3.63, 3.8) is 0 Å². The molecule has 1 amide bonds. The fraction of sp³-hybridized carbons (Fsp3) is 0.300. The highest BCUT2D eigenvalue weighted by Gasteiger charge is 2.00. The molecule has 0 saturated carbocycles. The molecule has 0 bridgehead atoms. The number of nitrogens with one attached hydrogen (secondary N) is 1. The van der Waals surface area contributed by atoms with Crippen molar-refractivity contribution in [2.24, 2.45) is 0 Å². The number of benzene rings is 1. The zero-order valence-corrected chi connectivity index (χ0v) is 8.12. The topological polar surface area (TPSA) is 64.3 Å². The van der Waals surface area contributed by atoms with E-state index in [4.69, 9.17) is 10.5 Å². The van der Waals surface area contributed by atoms with Crippen LogP contribution in [0.2, 0.25) is 0 Å². The number of hydrogen-bond donors (Lipinski definition) is 2. The monoisotopic (exact) mass is 194 g/mol. The average molecular weight is 194 g/mol. The van der Waals surface area contributed by atoms with Gasteiger partial charge in [0.2, 0.25) is 5.91 Å². The maximum atomic E-state index is 10.9. The molecule has 1 aromatic carbocycles. The molecule has 0 aliphatic heterocycles. The van der Waals surface area contributed by atoms with Crippen LogP contribution in [0.15, 0.2) is 24.3 Å². The molecule has 0 fully saturated rings. The lowest BCUT2D eigenvalue weighted by Crippen LogP contribution is -2.20. The number of nitrogens with two attached hydrogens (primary N) is 1. The third kappa shape index (κ3) is 2.97. The standard InChI is InChI=1S/C10H14N2O2/c1-12-10(13)6-7-14-9-5-3-2-4-8(9)11/h2-5H,6-7,11H2,1H3,(H,12,13). The van der Waals surface area contributed by atoms with Gasteiger partial charge in [-0.25, -0.2) is 0 Å². The van der Waals surface area contributed by atoms with Crippen LogP contribution in [-0.4, -0.2) is 19.6 Å². The Morgan fingerprint density at radius 2 is 2.21 bits per heavy atom. The number of hydrogen-bond acceptors (Lipinski definition) is 3. The minimum Gasteiger partial charge on any atom is -0.491 e. The Morgan fingerprint density at radius 1 is 1.50 bits per heavy atom. The smallest absolute Gasteiger partial charge is 0.223 e. The molecule has 3 N–H and O–H groups in total. The lowest BCUT2D eigenvalue weighted by molar-refractivity contribution is -0.121. The number of rotatable bonds is 4. The molecule has 0 spiro atoms. The summed E-state index contributed by atoms with van der Waals surface area (Å²) in [5.74, 6) is 0.580. The third-order valence-corrected chi connectivity index (χ3v) is 1.78. The van der Waals surface area contributed by atoms with E-state index >= 15 is 0 Å². The number of ether oxygens (including phenoxy) is 1. The summed E-state index contributed by atoms with van der Waals surface area (Å²) in [5, 5.41) is 2.52. The zero-order valence-electron chi connectivity index (χ0n) is 8.12. The van der Waals surface area contributed by atoms with Gasteiger partial charge in [0.15, 0.2) is 0 Å². The largest absolute Gasteiger partial charge is 0.491 e. The normalized spacial score (nSPS) is 9.50. The quantitative estimate of drug-likeness (QED) is 0.696. The lowest BCUT2D eigenvalue weighted by Gasteiger charge is -2.07. The SMILES string of the molecule is CNC(=O)CCOc1ccccc1N. The average Bonchev–Trinajstić information content (AvgIpc) is 2.20. The molecule has 4 heteroatoms. The lowest BCUT2D eigenvalue weighted by atomic mass is 10.3. The molecule has 4 nitrogen and oxygen atoms in total. The molecule has 76 valence electrons. The first-order chi connectivity index (χ1) is 6.74. The van der Waals surface area contributed by atoms with E-state index in [0.29, 0.717) is 24.5 Å². The Labute approximate surface area is 83.1 Å². The highest BCUT2D eigenvalue weighted by atomic mass is 16.5. The Morgan fingerprint density at radius 3 is 2.86 bits per heavy atom. The van der Waals surface area contributed by atoms with Gasteiger partial charge >= 0.3 is 0 Å². The summed E-state index contributed by atoms with van der Waals surface area (Å²) in [7, 11) is 1.60. The molecule has 0 heterocycles. The molecule has 0 aliphatic rings. The van der Waals surface area contributed by atoms with E-state index in [1.165, 1.54) is 0 Å². The second-order valence-electron chi connectivity index (χ2n) is 2.81. The first-order valence-electron chi connectivity index (χ1n) is 4.42. The summed E-state index contributed by atoms with van der Waals surface area (Å²) < 4.78 is 5.32. The first kappa shape index (κ1) is 10.4. The van der Waals surface area contributed by atoms with Crippen LogP contribution in [0.4, 0.5) is 5.69 Å².